The minimum Gasteiger partial charge on any atom is -0.493 e. The quantitative estimate of drug-likeness (QED) is 0.216. The first kappa shape index (κ1) is 23.2. The molecule has 0 fully saturated rings. The fourth-order valence-corrected chi connectivity index (χ4v) is 2.62. The van der Waals surface area contributed by atoms with Gasteiger partial charge in [0.25, 0.3) is 5.91 Å². The van der Waals surface area contributed by atoms with E-state index >= 15 is 0 Å². The maximum Gasteiger partial charge on any atom is 0.343 e. The number of carbonyl (C=O) groups excluding carboxylic acids is 2. The van der Waals surface area contributed by atoms with Crippen molar-refractivity contribution in [3.05, 3.63) is 63.1 Å². The highest BCUT2D eigenvalue weighted by molar-refractivity contribution is 6.42. The number of methoxy groups -OCH3 is 2. The first-order valence-corrected chi connectivity index (χ1v) is 9.39. The van der Waals surface area contributed by atoms with Crippen LogP contribution < -0.4 is 14.8 Å². The molecule has 30 heavy (non-hydrogen) atoms. The van der Waals surface area contributed by atoms with Crippen LogP contribution in [0.4, 0.5) is 0 Å². The lowest BCUT2D eigenvalue weighted by Gasteiger charge is -2.10. The van der Waals surface area contributed by atoms with Crippen LogP contribution in [0.2, 0.25) is 10.0 Å². The van der Waals surface area contributed by atoms with Crippen molar-refractivity contribution in [2.75, 3.05) is 27.4 Å². The van der Waals surface area contributed by atoms with Crippen molar-refractivity contribution in [3.63, 3.8) is 0 Å². The average molecular weight is 449 g/mol. The number of benzene rings is 2. The smallest absolute Gasteiger partial charge is 0.343 e. The molecule has 0 saturated heterocycles. The van der Waals surface area contributed by atoms with Crippen LogP contribution in [-0.4, -0.2) is 39.2 Å². The zero-order valence-electron chi connectivity index (χ0n) is 16.2. The van der Waals surface area contributed by atoms with Gasteiger partial charge in [-0.2, -0.15) is 5.26 Å². The molecule has 2 aromatic rings. The standard InChI is InChI=1S/C21H18Cl2N2O5/c1-28-8-7-25-20(26)15(12-24)9-13-3-6-18(19(10-13)29-2)30-21(27)14-4-5-16(22)17(23)11-14/h3-6,9-11H,7-8H2,1-2H3,(H,25,26)/b15-9+. The molecular weight excluding hydrogens is 431 g/mol. The molecule has 0 atom stereocenters. The molecule has 0 spiro atoms. The second-order valence-corrected chi connectivity index (χ2v) is 6.66. The van der Waals surface area contributed by atoms with Gasteiger partial charge in [0.05, 0.1) is 29.3 Å². The topological polar surface area (TPSA) is 97.6 Å². The van der Waals surface area contributed by atoms with Crippen LogP contribution in [-0.2, 0) is 9.53 Å². The minimum atomic E-state index is -0.648. The molecule has 0 bridgehead atoms. The van der Waals surface area contributed by atoms with Crippen molar-refractivity contribution >= 4 is 41.2 Å². The van der Waals surface area contributed by atoms with Crippen LogP contribution >= 0.6 is 23.2 Å². The first-order chi connectivity index (χ1) is 14.4. The van der Waals surface area contributed by atoms with E-state index in [9.17, 15) is 14.9 Å². The van der Waals surface area contributed by atoms with Gasteiger partial charge in [0, 0.05) is 13.7 Å². The normalized spacial score (nSPS) is 10.8. The highest BCUT2D eigenvalue weighted by atomic mass is 35.5. The van der Waals surface area contributed by atoms with Crippen LogP contribution in [0, 0.1) is 11.3 Å². The van der Waals surface area contributed by atoms with E-state index in [0.717, 1.165) is 0 Å². The van der Waals surface area contributed by atoms with Crippen molar-refractivity contribution in [2.45, 2.75) is 0 Å². The summed E-state index contributed by atoms with van der Waals surface area (Å²) in [6.07, 6.45) is 1.40. The number of nitrogens with one attached hydrogen (secondary N) is 1. The molecule has 2 rings (SSSR count). The molecule has 0 radical (unpaired) electrons. The maximum atomic E-state index is 12.4. The van der Waals surface area contributed by atoms with Gasteiger partial charge in [-0.3, -0.25) is 4.79 Å². The van der Waals surface area contributed by atoms with Gasteiger partial charge in [-0.25, -0.2) is 4.79 Å². The van der Waals surface area contributed by atoms with E-state index in [-0.39, 0.29) is 34.2 Å². The van der Waals surface area contributed by atoms with Gasteiger partial charge in [0.1, 0.15) is 11.6 Å². The fraction of sp³-hybridized carbons (Fsp3) is 0.190. The van der Waals surface area contributed by atoms with Crippen LogP contribution in [0.25, 0.3) is 6.08 Å². The van der Waals surface area contributed by atoms with Gasteiger partial charge < -0.3 is 19.5 Å². The Labute approximate surface area is 183 Å². The van der Waals surface area contributed by atoms with E-state index in [1.807, 2.05) is 6.07 Å². The number of carbonyl (C=O) groups is 2. The lowest BCUT2D eigenvalue weighted by atomic mass is 10.1. The highest BCUT2D eigenvalue weighted by Gasteiger charge is 2.15. The van der Waals surface area contributed by atoms with Gasteiger partial charge in [-0.05, 0) is 42.0 Å². The predicted octanol–water partition coefficient (Wildman–Crippen LogP) is 3.89. The number of halogens is 2. The second kappa shape index (κ2) is 11.2. The Morgan fingerprint density at radius 2 is 1.87 bits per heavy atom. The van der Waals surface area contributed by atoms with Crippen molar-refractivity contribution < 1.29 is 23.8 Å². The van der Waals surface area contributed by atoms with Gasteiger partial charge in [0.2, 0.25) is 0 Å². The third kappa shape index (κ3) is 6.22. The van der Waals surface area contributed by atoms with E-state index in [1.165, 1.54) is 50.6 Å². The highest BCUT2D eigenvalue weighted by Crippen LogP contribution is 2.30. The van der Waals surface area contributed by atoms with Crippen molar-refractivity contribution in [3.8, 4) is 17.6 Å². The molecule has 9 heteroatoms. The van der Waals surface area contributed by atoms with E-state index in [0.29, 0.717) is 17.2 Å². The lowest BCUT2D eigenvalue weighted by Crippen LogP contribution is -2.27. The molecule has 1 amide bonds. The molecule has 0 aliphatic rings. The zero-order chi connectivity index (χ0) is 22.1. The number of esters is 1. The minimum absolute atomic E-state index is 0.0892. The molecule has 7 nitrogen and oxygen atoms in total. The number of nitrogens with zero attached hydrogens (tertiary/aromatic N) is 1. The summed E-state index contributed by atoms with van der Waals surface area (Å²) in [6.45, 7) is 0.610. The van der Waals surface area contributed by atoms with Crippen molar-refractivity contribution in [1.82, 2.24) is 5.32 Å². The molecular formula is C21H18Cl2N2O5. The maximum absolute atomic E-state index is 12.4. The van der Waals surface area contributed by atoms with Gasteiger partial charge in [-0.15, -0.1) is 0 Å². The molecule has 0 unspecified atom stereocenters. The Kier molecular flexibility index (Phi) is 8.69. The third-order valence-corrected chi connectivity index (χ3v) is 4.55. The summed E-state index contributed by atoms with van der Waals surface area (Å²) in [5.74, 6) is -0.767. The van der Waals surface area contributed by atoms with Gasteiger partial charge in [0.15, 0.2) is 11.5 Å². The third-order valence-electron chi connectivity index (χ3n) is 3.81. The van der Waals surface area contributed by atoms with E-state index < -0.39 is 11.9 Å². The van der Waals surface area contributed by atoms with E-state index in [2.05, 4.69) is 5.32 Å². The molecule has 0 aliphatic heterocycles. The molecule has 156 valence electrons. The summed E-state index contributed by atoms with van der Waals surface area (Å²) < 4.78 is 15.5. The summed E-state index contributed by atoms with van der Waals surface area (Å²) in [4.78, 5) is 24.4. The zero-order valence-corrected chi connectivity index (χ0v) is 17.7. The van der Waals surface area contributed by atoms with Crippen LogP contribution in [0.15, 0.2) is 42.0 Å². The molecule has 0 aromatic heterocycles. The van der Waals surface area contributed by atoms with E-state index in [1.54, 1.807) is 6.07 Å². The Morgan fingerprint density at radius 1 is 1.10 bits per heavy atom. The van der Waals surface area contributed by atoms with Gasteiger partial charge in [-0.1, -0.05) is 29.3 Å². The lowest BCUT2D eigenvalue weighted by molar-refractivity contribution is -0.117. The number of nitriles is 1. The molecule has 1 N–H and O–H groups in total. The van der Waals surface area contributed by atoms with Crippen molar-refractivity contribution in [2.24, 2.45) is 0 Å². The predicted molar refractivity (Wildman–Crippen MR) is 113 cm³/mol. The number of hydrogen-bond donors (Lipinski definition) is 1. The van der Waals surface area contributed by atoms with E-state index in [4.69, 9.17) is 37.4 Å². The summed E-state index contributed by atoms with van der Waals surface area (Å²) in [5.41, 5.74) is 0.642. The van der Waals surface area contributed by atoms with Crippen LogP contribution in [0.3, 0.4) is 0 Å². The average Bonchev–Trinajstić information content (AvgIpc) is 2.74. The monoisotopic (exact) mass is 448 g/mol. The first-order valence-electron chi connectivity index (χ1n) is 8.63. The number of rotatable bonds is 8. The summed E-state index contributed by atoms with van der Waals surface area (Å²) >= 11 is 11.8. The second-order valence-electron chi connectivity index (χ2n) is 5.85. The molecule has 0 saturated carbocycles. The number of amides is 1. The van der Waals surface area contributed by atoms with Crippen molar-refractivity contribution in [1.29, 1.82) is 5.26 Å². The van der Waals surface area contributed by atoms with Gasteiger partial charge >= 0.3 is 5.97 Å². The molecule has 2 aromatic carbocycles. The SMILES string of the molecule is COCCNC(=O)/C(C#N)=C/c1ccc(OC(=O)c2ccc(Cl)c(Cl)c2)c(OC)c1. The number of hydrogen-bond acceptors (Lipinski definition) is 6. The molecule has 0 aliphatic carbocycles. The Balaban J connectivity index is 2.21. The summed E-state index contributed by atoms with van der Waals surface area (Å²) in [6, 6.07) is 10.9. The summed E-state index contributed by atoms with van der Waals surface area (Å²) in [5, 5.41) is 12.4. The van der Waals surface area contributed by atoms with Crippen LogP contribution in [0.1, 0.15) is 15.9 Å². The Hall–Kier alpha value is -3.05. The Morgan fingerprint density at radius 3 is 2.50 bits per heavy atom. The number of ether oxygens (including phenoxy) is 3. The van der Waals surface area contributed by atoms with Crippen LogP contribution in [0.5, 0.6) is 11.5 Å². The summed E-state index contributed by atoms with van der Waals surface area (Å²) in [7, 11) is 2.91. The Bertz CT molecular complexity index is 1010. The fourth-order valence-electron chi connectivity index (χ4n) is 2.32. The largest absolute Gasteiger partial charge is 0.493 e. The molecule has 0 heterocycles.